The summed E-state index contributed by atoms with van der Waals surface area (Å²) in [5, 5.41) is 3.17. The molecule has 1 aliphatic carbocycles. The zero-order valence-electron chi connectivity index (χ0n) is 11.5. The van der Waals surface area contributed by atoms with E-state index in [9.17, 15) is 9.59 Å². The van der Waals surface area contributed by atoms with Crippen molar-refractivity contribution in [2.45, 2.75) is 68.8 Å². The summed E-state index contributed by atoms with van der Waals surface area (Å²) in [5.41, 5.74) is 0. The Morgan fingerprint density at radius 3 is 2.84 bits per heavy atom. The van der Waals surface area contributed by atoms with Crippen LogP contribution < -0.4 is 5.32 Å². The van der Waals surface area contributed by atoms with Gasteiger partial charge in [0.25, 0.3) is 0 Å². The van der Waals surface area contributed by atoms with Crippen LogP contribution in [0, 0.1) is 0 Å². The molecule has 1 saturated carbocycles. The van der Waals surface area contributed by atoms with Crippen molar-refractivity contribution in [3.8, 4) is 0 Å². The Balaban J connectivity index is 1.65. The first-order valence-electron chi connectivity index (χ1n) is 7.37. The highest BCUT2D eigenvalue weighted by molar-refractivity contribution is 8.01. The van der Waals surface area contributed by atoms with E-state index in [1.165, 1.54) is 19.3 Å². The Kier molecular flexibility index (Phi) is 3.50. The maximum atomic E-state index is 12.4. The van der Waals surface area contributed by atoms with Crippen molar-refractivity contribution >= 4 is 23.6 Å². The number of carbonyl (C=O) groups excluding carboxylic acids is 2. The molecule has 2 atom stereocenters. The van der Waals surface area contributed by atoms with Gasteiger partial charge in [0.05, 0.1) is 4.87 Å². The summed E-state index contributed by atoms with van der Waals surface area (Å²) in [4.78, 5) is 26.1. The fourth-order valence-electron chi connectivity index (χ4n) is 3.56. The molecule has 2 heterocycles. The van der Waals surface area contributed by atoms with Gasteiger partial charge in [-0.2, -0.15) is 0 Å². The van der Waals surface area contributed by atoms with Crippen LogP contribution in [-0.2, 0) is 9.59 Å². The highest BCUT2D eigenvalue weighted by Gasteiger charge is 2.52. The molecule has 0 aromatic rings. The molecule has 0 aromatic heterocycles. The van der Waals surface area contributed by atoms with Crippen molar-refractivity contribution in [1.82, 2.24) is 10.2 Å². The van der Waals surface area contributed by atoms with Crippen LogP contribution in [0.1, 0.15) is 51.9 Å². The number of hydrogen-bond acceptors (Lipinski definition) is 3. The average Bonchev–Trinajstić information content (AvgIpc) is 2.88. The van der Waals surface area contributed by atoms with E-state index in [0.29, 0.717) is 12.5 Å². The largest absolute Gasteiger partial charge is 0.352 e. The van der Waals surface area contributed by atoms with E-state index in [4.69, 9.17) is 0 Å². The molecule has 3 fully saturated rings. The third-order valence-electron chi connectivity index (χ3n) is 4.70. The topological polar surface area (TPSA) is 49.4 Å². The highest BCUT2D eigenvalue weighted by Crippen LogP contribution is 2.47. The van der Waals surface area contributed by atoms with E-state index < -0.39 is 0 Å². The highest BCUT2D eigenvalue weighted by atomic mass is 32.2. The molecular formula is C14H22N2O2S. The van der Waals surface area contributed by atoms with Crippen LogP contribution in [0.15, 0.2) is 0 Å². The molecule has 106 valence electrons. The zero-order chi connectivity index (χ0) is 13.5. The third kappa shape index (κ3) is 2.37. The van der Waals surface area contributed by atoms with Gasteiger partial charge in [-0.1, -0.05) is 19.3 Å². The summed E-state index contributed by atoms with van der Waals surface area (Å²) in [6, 6.07) is 0.0859. The number of fused-ring (bicyclic) bond motifs is 1. The van der Waals surface area contributed by atoms with Gasteiger partial charge in [0.15, 0.2) is 0 Å². The van der Waals surface area contributed by atoms with Crippen LogP contribution in [0.5, 0.6) is 0 Å². The van der Waals surface area contributed by atoms with E-state index in [1.54, 1.807) is 11.8 Å². The second kappa shape index (κ2) is 5.00. The van der Waals surface area contributed by atoms with Gasteiger partial charge in [-0.15, -0.1) is 11.8 Å². The molecule has 5 heteroatoms. The lowest BCUT2D eigenvalue weighted by Crippen LogP contribution is -2.52. The van der Waals surface area contributed by atoms with E-state index >= 15 is 0 Å². The van der Waals surface area contributed by atoms with Crippen molar-refractivity contribution in [2.24, 2.45) is 0 Å². The van der Waals surface area contributed by atoms with Crippen LogP contribution in [0.2, 0.25) is 0 Å². The summed E-state index contributed by atoms with van der Waals surface area (Å²) >= 11 is 1.76. The first-order valence-corrected chi connectivity index (χ1v) is 8.35. The summed E-state index contributed by atoms with van der Waals surface area (Å²) in [6.07, 6.45) is 7.37. The Bertz CT molecular complexity index is 395. The Morgan fingerprint density at radius 2 is 2.11 bits per heavy atom. The molecule has 19 heavy (non-hydrogen) atoms. The third-order valence-corrected chi connectivity index (χ3v) is 6.20. The number of nitrogens with one attached hydrogen (secondary N) is 1. The summed E-state index contributed by atoms with van der Waals surface area (Å²) in [5.74, 6) is 0.968. The molecule has 3 rings (SSSR count). The molecule has 2 saturated heterocycles. The van der Waals surface area contributed by atoms with Gasteiger partial charge in [-0.3, -0.25) is 9.59 Å². The Labute approximate surface area is 118 Å². The van der Waals surface area contributed by atoms with Gasteiger partial charge >= 0.3 is 0 Å². The summed E-state index contributed by atoms with van der Waals surface area (Å²) in [6.45, 7) is 2.09. The second-order valence-corrected chi connectivity index (χ2v) is 7.61. The molecule has 4 nitrogen and oxygen atoms in total. The maximum Gasteiger partial charge on any atom is 0.243 e. The smallest absolute Gasteiger partial charge is 0.243 e. The monoisotopic (exact) mass is 282 g/mol. The molecule has 0 aromatic carbocycles. The van der Waals surface area contributed by atoms with Gasteiger partial charge in [0, 0.05) is 18.2 Å². The predicted octanol–water partition coefficient (Wildman–Crippen LogP) is 1.89. The van der Waals surface area contributed by atoms with Crippen LogP contribution in [0.3, 0.4) is 0 Å². The molecule has 1 N–H and O–H groups in total. The number of thioether (sulfide) groups is 1. The maximum absolute atomic E-state index is 12.4. The number of hydrogen-bond donors (Lipinski definition) is 1. The normalized spacial score (nSPS) is 35.5. The summed E-state index contributed by atoms with van der Waals surface area (Å²) in [7, 11) is 0. The standard InChI is InChI=1S/C14H22N2O2S/c1-14-8-7-12(17)16(14)11(9-19-14)13(18)15-10-5-3-2-4-6-10/h10-11H,2-9H2,1H3,(H,15,18)/t11-,14+/m0/s1. The van der Waals surface area contributed by atoms with Crippen LogP contribution in [0.25, 0.3) is 0 Å². The molecule has 3 aliphatic rings. The molecule has 2 aliphatic heterocycles. The van der Waals surface area contributed by atoms with Crippen LogP contribution in [0.4, 0.5) is 0 Å². The van der Waals surface area contributed by atoms with Crippen molar-refractivity contribution in [2.75, 3.05) is 5.75 Å². The van der Waals surface area contributed by atoms with Crippen LogP contribution >= 0.6 is 11.8 Å². The molecular weight excluding hydrogens is 260 g/mol. The number of nitrogens with zero attached hydrogens (tertiary/aromatic N) is 1. The van der Waals surface area contributed by atoms with E-state index in [1.807, 2.05) is 4.90 Å². The van der Waals surface area contributed by atoms with Gasteiger partial charge < -0.3 is 10.2 Å². The minimum Gasteiger partial charge on any atom is -0.352 e. The van der Waals surface area contributed by atoms with Crippen LogP contribution in [-0.4, -0.2) is 39.4 Å². The number of carbonyl (C=O) groups is 2. The Hall–Kier alpha value is -0.710. The SMILES string of the molecule is C[C@@]12CCC(=O)N1[C@H](C(=O)NC1CCCCC1)CS2. The van der Waals surface area contributed by atoms with Gasteiger partial charge in [-0.05, 0) is 26.2 Å². The molecule has 2 amide bonds. The quantitative estimate of drug-likeness (QED) is 0.841. The summed E-state index contributed by atoms with van der Waals surface area (Å²) < 4.78 is 0. The molecule has 0 unspecified atom stereocenters. The molecule has 0 bridgehead atoms. The molecule has 0 spiro atoms. The number of rotatable bonds is 2. The van der Waals surface area contributed by atoms with Crippen molar-refractivity contribution in [3.05, 3.63) is 0 Å². The van der Waals surface area contributed by atoms with Gasteiger partial charge in [-0.25, -0.2) is 0 Å². The van der Waals surface area contributed by atoms with Gasteiger partial charge in [0.2, 0.25) is 11.8 Å². The fraction of sp³-hybridized carbons (Fsp3) is 0.857. The van der Waals surface area contributed by atoms with E-state index in [-0.39, 0.29) is 22.7 Å². The fourth-order valence-corrected chi connectivity index (χ4v) is 4.99. The number of amides is 2. The van der Waals surface area contributed by atoms with E-state index in [2.05, 4.69) is 12.2 Å². The van der Waals surface area contributed by atoms with Crippen molar-refractivity contribution < 1.29 is 9.59 Å². The lowest BCUT2D eigenvalue weighted by molar-refractivity contribution is -0.138. The van der Waals surface area contributed by atoms with Crippen molar-refractivity contribution in [3.63, 3.8) is 0 Å². The minimum absolute atomic E-state index is 0.0679. The van der Waals surface area contributed by atoms with E-state index in [0.717, 1.165) is 25.0 Å². The predicted molar refractivity (Wildman–Crippen MR) is 75.7 cm³/mol. The molecule has 0 radical (unpaired) electrons. The van der Waals surface area contributed by atoms with Gasteiger partial charge in [0.1, 0.15) is 6.04 Å². The minimum atomic E-state index is -0.244. The first kappa shape index (κ1) is 13.3. The lowest BCUT2D eigenvalue weighted by atomic mass is 9.95. The average molecular weight is 282 g/mol. The Morgan fingerprint density at radius 1 is 1.37 bits per heavy atom. The van der Waals surface area contributed by atoms with Crippen molar-refractivity contribution in [1.29, 1.82) is 0 Å². The lowest BCUT2D eigenvalue weighted by Gasteiger charge is -2.31. The second-order valence-electron chi connectivity index (χ2n) is 6.11. The first-order chi connectivity index (χ1) is 9.10. The zero-order valence-corrected chi connectivity index (χ0v) is 12.3.